The van der Waals surface area contributed by atoms with Gasteiger partial charge >= 0.3 is 0 Å². The number of likely N-dealkylation sites (tertiary alicyclic amines) is 1. The van der Waals surface area contributed by atoms with E-state index in [2.05, 4.69) is 34.0 Å². The number of carbonyl (C=O) groups is 1. The Kier molecular flexibility index (Phi) is 7.67. The second-order valence-corrected chi connectivity index (χ2v) is 6.90. The lowest BCUT2D eigenvalue weighted by Gasteiger charge is -2.35. The smallest absolute Gasteiger partial charge is 0.254 e. The van der Waals surface area contributed by atoms with Crippen LogP contribution in [0.25, 0.3) is 0 Å². The van der Waals surface area contributed by atoms with Crippen molar-refractivity contribution < 1.29 is 14.6 Å². The third-order valence-corrected chi connectivity index (χ3v) is 4.63. The van der Waals surface area contributed by atoms with Crippen molar-refractivity contribution >= 4 is 17.9 Å². The molecule has 7 nitrogen and oxygen atoms in total. The van der Waals surface area contributed by atoms with Crippen molar-refractivity contribution in [3.05, 3.63) is 65.2 Å². The summed E-state index contributed by atoms with van der Waals surface area (Å²) in [5.41, 5.74) is 8.35. The number of carbonyl (C=O) groups excluding carboxylic acids is 1. The molecule has 3 rings (SSSR count). The molecule has 2 aromatic carbocycles. The van der Waals surface area contributed by atoms with E-state index in [0.29, 0.717) is 25.2 Å². The topological polar surface area (TPSA) is 100 Å². The van der Waals surface area contributed by atoms with Crippen LogP contribution in [0.2, 0.25) is 0 Å². The molecule has 1 amide bonds. The van der Waals surface area contributed by atoms with Gasteiger partial charge < -0.3 is 25.8 Å². The maximum atomic E-state index is 12.2. The zero-order chi connectivity index (χ0) is 22.1. The standard InChI is InChI=1S/C24H24N4O3/c1-31-23(14-26-17-25)27-21-12-8-19(9-13-21)5-3-2-4-18-6-10-20(11-7-18)24(30)28-15-22(29)16-28/h6-13,17,22-23,27,29H,14-16H2,1H3,(H2,25,26). The fourth-order valence-corrected chi connectivity index (χ4v) is 2.88. The third-order valence-electron chi connectivity index (χ3n) is 4.63. The van der Waals surface area contributed by atoms with Crippen molar-refractivity contribution in [2.75, 3.05) is 32.1 Å². The fourth-order valence-electron chi connectivity index (χ4n) is 2.88. The van der Waals surface area contributed by atoms with Crippen molar-refractivity contribution in [3.8, 4) is 23.7 Å². The van der Waals surface area contributed by atoms with E-state index in [4.69, 9.17) is 10.5 Å². The average Bonchev–Trinajstić information content (AvgIpc) is 2.78. The number of rotatable bonds is 6. The van der Waals surface area contributed by atoms with E-state index >= 15 is 0 Å². The number of methoxy groups -OCH3 is 1. The van der Waals surface area contributed by atoms with E-state index in [-0.39, 0.29) is 12.1 Å². The number of nitrogens with one attached hydrogen (secondary N) is 1. The fraction of sp³-hybridized carbons (Fsp3) is 0.250. The number of amides is 1. The molecule has 0 radical (unpaired) electrons. The van der Waals surface area contributed by atoms with Gasteiger partial charge in [-0.05, 0) is 60.4 Å². The summed E-state index contributed by atoms with van der Waals surface area (Å²) in [6.07, 6.45) is 0.584. The van der Waals surface area contributed by atoms with Crippen molar-refractivity contribution in [2.24, 2.45) is 10.7 Å². The largest absolute Gasteiger partial charge is 0.390 e. The minimum atomic E-state index is -0.404. The maximum Gasteiger partial charge on any atom is 0.254 e. The molecule has 158 valence electrons. The van der Waals surface area contributed by atoms with Gasteiger partial charge in [-0.15, -0.1) is 0 Å². The number of aliphatic hydroxyl groups excluding tert-OH is 1. The number of nitrogens with two attached hydrogens (primary N) is 1. The number of hydrogen-bond acceptors (Lipinski definition) is 5. The Morgan fingerprint density at radius 3 is 2.29 bits per heavy atom. The molecule has 1 atom stereocenters. The Balaban J connectivity index is 1.54. The van der Waals surface area contributed by atoms with E-state index in [0.717, 1.165) is 16.8 Å². The molecule has 4 N–H and O–H groups in total. The van der Waals surface area contributed by atoms with Gasteiger partial charge in [0.05, 0.1) is 19.0 Å². The summed E-state index contributed by atoms with van der Waals surface area (Å²) in [5, 5.41) is 12.5. The van der Waals surface area contributed by atoms with Gasteiger partial charge in [0.15, 0.2) is 0 Å². The lowest BCUT2D eigenvalue weighted by Crippen LogP contribution is -2.53. The molecule has 31 heavy (non-hydrogen) atoms. The highest BCUT2D eigenvalue weighted by atomic mass is 16.5. The second-order valence-electron chi connectivity index (χ2n) is 6.90. The lowest BCUT2D eigenvalue weighted by atomic mass is 10.1. The van der Waals surface area contributed by atoms with E-state index in [1.54, 1.807) is 36.3 Å². The summed E-state index contributed by atoms with van der Waals surface area (Å²) < 4.78 is 5.30. The molecule has 1 aliphatic rings. The van der Waals surface area contributed by atoms with E-state index in [9.17, 15) is 9.90 Å². The van der Waals surface area contributed by atoms with E-state index in [1.807, 2.05) is 24.3 Å². The predicted octanol–water partition coefficient (Wildman–Crippen LogP) is 1.28. The number of aliphatic imine (C=N–C) groups is 1. The first-order valence-electron chi connectivity index (χ1n) is 9.78. The van der Waals surface area contributed by atoms with Gasteiger partial charge in [-0.3, -0.25) is 9.79 Å². The lowest BCUT2D eigenvalue weighted by molar-refractivity contribution is 0.00589. The Labute approximate surface area is 181 Å². The highest BCUT2D eigenvalue weighted by Gasteiger charge is 2.29. The average molecular weight is 416 g/mol. The monoisotopic (exact) mass is 416 g/mol. The molecule has 0 aliphatic carbocycles. The number of anilines is 1. The first kappa shape index (κ1) is 21.9. The molecule has 2 aromatic rings. The number of aliphatic hydroxyl groups is 1. The highest BCUT2D eigenvalue weighted by molar-refractivity contribution is 5.94. The van der Waals surface area contributed by atoms with Gasteiger partial charge in [-0.1, -0.05) is 11.8 Å². The number of nitrogens with zero attached hydrogens (tertiary/aromatic N) is 2. The Bertz CT molecular complexity index is 1030. The molecule has 0 spiro atoms. The third kappa shape index (κ3) is 6.35. The van der Waals surface area contributed by atoms with E-state index in [1.165, 1.54) is 6.34 Å². The van der Waals surface area contributed by atoms with Gasteiger partial charge in [0.2, 0.25) is 0 Å². The zero-order valence-corrected chi connectivity index (χ0v) is 17.2. The van der Waals surface area contributed by atoms with Crippen LogP contribution in [0.1, 0.15) is 21.5 Å². The molecule has 7 heteroatoms. The van der Waals surface area contributed by atoms with Crippen LogP contribution < -0.4 is 11.1 Å². The van der Waals surface area contributed by atoms with Crippen molar-refractivity contribution in [2.45, 2.75) is 12.3 Å². The molecular weight excluding hydrogens is 392 g/mol. The van der Waals surface area contributed by atoms with Crippen molar-refractivity contribution in [1.82, 2.24) is 4.90 Å². The maximum absolute atomic E-state index is 12.2. The van der Waals surface area contributed by atoms with Crippen LogP contribution in [0.4, 0.5) is 5.69 Å². The molecule has 1 heterocycles. The molecule has 1 aliphatic heterocycles. The first-order valence-corrected chi connectivity index (χ1v) is 9.78. The van der Waals surface area contributed by atoms with Crippen LogP contribution in [-0.2, 0) is 4.74 Å². The first-order chi connectivity index (χ1) is 15.1. The summed E-state index contributed by atoms with van der Waals surface area (Å²) in [4.78, 5) is 17.8. The summed E-state index contributed by atoms with van der Waals surface area (Å²) >= 11 is 0. The molecule has 0 bridgehead atoms. The number of hydrogen-bond donors (Lipinski definition) is 3. The SMILES string of the molecule is COC(CN=CN)Nc1ccc(C#CC#Cc2ccc(C(=O)N3CC(O)C3)cc2)cc1. The molecule has 0 aromatic heterocycles. The van der Waals surface area contributed by atoms with Crippen LogP contribution in [-0.4, -0.2) is 61.3 Å². The molecule has 1 saturated heterocycles. The molecule has 1 fully saturated rings. The van der Waals surface area contributed by atoms with Crippen molar-refractivity contribution in [3.63, 3.8) is 0 Å². The summed E-state index contributed by atoms with van der Waals surface area (Å²) in [6.45, 7) is 1.20. The Hall–Kier alpha value is -3.78. The van der Waals surface area contributed by atoms with Gasteiger partial charge in [-0.2, -0.15) is 0 Å². The molecular formula is C24H24N4O3. The van der Waals surface area contributed by atoms with Gasteiger partial charge in [-0.25, -0.2) is 0 Å². The Morgan fingerprint density at radius 2 is 1.77 bits per heavy atom. The summed E-state index contributed by atoms with van der Waals surface area (Å²) in [7, 11) is 1.60. The normalized spacial score (nSPS) is 14.1. The summed E-state index contributed by atoms with van der Waals surface area (Å²) in [6, 6.07) is 14.7. The molecule has 0 saturated carbocycles. The van der Waals surface area contributed by atoms with Crippen LogP contribution in [0.15, 0.2) is 53.5 Å². The highest BCUT2D eigenvalue weighted by Crippen LogP contribution is 2.14. The predicted molar refractivity (Wildman–Crippen MR) is 121 cm³/mol. The second kappa shape index (κ2) is 10.8. The van der Waals surface area contributed by atoms with Crippen LogP contribution >= 0.6 is 0 Å². The minimum Gasteiger partial charge on any atom is -0.390 e. The van der Waals surface area contributed by atoms with Gasteiger partial charge in [0, 0.05) is 42.6 Å². The number of β-amino-alcohol motifs (C(OH)–C–C–N with tert-alkyl or cyclic N) is 1. The molecule has 1 unspecified atom stereocenters. The number of ether oxygens (including phenoxy) is 1. The zero-order valence-electron chi connectivity index (χ0n) is 17.2. The van der Waals surface area contributed by atoms with Crippen LogP contribution in [0, 0.1) is 23.7 Å². The van der Waals surface area contributed by atoms with Crippen LogP contribution in [0.5, 0.6) is 0 Å². The quantitative estimate of drug-likeness (QED) is 0.285. The van der Waals surface area contributed by atoms with Gasteiger partial charge in [0.25, 0.3) is 5.91 Å². The van der Waals surface area contributed by atoms with Crippen molar-refractivity contribution in [1.29, 1.82) is 0 Å². The Morgan fingerprint density at radius 1 is 1.19 bits per heavy atom. The minimum absolute atomic E-state index is 0.0773. The summed E-state index contributed by atoms with van der Waals surface area (Å²) in [5.74, 6) is 11.6. The number of benzene rings is 2. The van der Waals surface area contributed by atoms with E-state index < -0.39 is 6.10 Å². The van der Waals surface area contributed by atoms with Gasteiger partial charge in [0.1, 0.15) is 6.23 Å². The van der Waals surface area contributed by atoms with Crippen LogP contribution in [0.3, 0.4) is 0 Å².